The molecule has 1 heterocycles. The Hall–Kier alpha value is -1.75. The predicted molar refractivity (Wildman–Crippen MR) is 72.6 cm³/mol. The second-order valence-corrected chi connectivity index (χ2v) is 4.59. The van der Waals surface area contributed by atoms with Crippen LogP contribution < -0.4 is 10.6 Å². The van der Waals surface area contributed by atoms with E-state index in [1.807, 2.05) is 17.0 Å². The molecule has 5 heteroatoms. The number of aliphatic hydroxyl groups excluding tert-OH is 1. The summed E-state index contributed by atoms with van der Waals surface area (Å²) in [5.74, 6) is 0. The highest BCUT2D eigenvalue weighted by Crippen LogP contribution is 2.25. The quantitative estimate of drug-likeness (QED) is 0.793. The van der Waals surface area contributed by atoms with Crippen molar-refractivity contribution in [2.45, 2.75) is 26.3 Å². The molecule has 0 saturated carbocycles. The Morgan fingerprint density at radius 3 is 2.89 bits per heavy atom. The number of nitrogen functional groups attached to an aromatic ring is 1. The van der Waals surface area contributed by atoms with Crippen LogP contribution in [-0.2, 0) is 0 Å². The maximum absolute atomic E-state index is 8.93. The molecule has 0 unspecified atom stereocenters. The fraction of sp³-hybridized carbons (Fsp3) is 0.462. The van der Waals surface area contributed by atoms with Crippen LogP contribution in [0.3, 0.4) is 0 Å². The minimum absolute atomic E-state index is 0.163. The Morgan fingerprint density at radius 1 is 1.44 bits per heavy atom. The van der Waals surface area contributed by atoms with Crippen LogP contribution in [0, 0.1) is 0 Å². The van der Waals surface area contributed by atoms with Gasteiger partial charge in [0.25, 0.3) is 6.01 Å². The largest absolute Gasteiger partial charge is 0.423 e. The predicted octanol–water partition coefficient (Wildman–Crippen LogP) is 2.01. The number of rotatable bonds is 5. The molecule has 2 rings (SSSR count). The van der Waals surface area contributed by atoms with Gasteiger partial charge in [-0.15, -0.1) is 0 Å². The van der Waals surface area contributed by atoms with Crippen LogP contribution in [0.2, 0.25) is 0 Å². The minimum atomic E-state index is 0.163. The first-order chi connectivity index (χ1) is 8.61. The molecule has 18 heavy (non-hydrogen) atoms. The summed E-state index contributed by atoms with van der Waals surface area (Å²) in [4.78, 5) is 6.48. The smallest absolute Gasteiger partial charge is 0.298 e. The second-order valence-electron chi connectivity index (χ2n) is 4.59. The summed E-state index contributed by atoms with van der Waals surface area (Å²) >= 11 is 0. The van der Waals surface area contributed by atoms with Gasteiger partial charge in [0.15, 0.2) is 5.58 Å². The third-order valence-electron chi connectivity index (χ3n) is 2.83. The van der Waals surface area contributed by atoms with Gasteiger partial charge in [-0.3, -0.25) is 0 Å². The number of anilines is 2. The van der Waals surface area contributed by atoms with Crippen molar-refractivity contribution in [2.75, 3.05) is 23.8 Å². The molecule has 0 amide bonds. The lowest BCUT2D eigenvalue weighted by Gasteiger charge is -2.24. The zero-order valence-electron chi connectivity index (χ0n) is 10.8. The van der Waals surface area contributed by atoms with Crippen molar-refractivity contribution in [3.63, 3.8) is 0 Å². The molecule has 0 fully saturated rings. The Kier molecular flexibility index (Phi) is 3.72. The van der Waals surface area contributed by atoms with Crippen LogP contribution in [0.15, 0.2) is 22.6 Å². The topological polar surface area (TPSA) is 75.5 Å². The molecule has 98 valence electrons. The highest BCUT2D eigenvalue weighted by atomic mass is 16.4. The van der Waals surface area contributed by atoms with Gasteiger partial charge >= 0.3 is 0 Å². The molecule has 0 saturated heterocycles. The molecule has 0 aliphatic heterocycles. The Labute approximate surface area is 106 Å². The Morgan fingerprint density at radius 2 is 2.22 bits per heavy atom. The molecule has 1 aromatic carbocycles. The van der Waals surface area contributed by atoms with Gasteiger partial charge in [-0.1, -0.05) is 0 Å². The van der Waals surface area contributed by atoms with E-state index in [9.17, 15) is 0 Å². The highest BCUT2D eigenvalue weighted by molar-refractivity contribution is 5.78. The average Bonchev–Trinajstić information content (AvgIpc) is 2.71. The molecule has 3 N–H and O–H groups in total. The van der Waals surface area contributed by atoms with Crippen LogP contribution >= 0.6 is 0 Å². The van der Waals surface area contributed by atoms with Crippen molar-refractivity contribution in [1.29, 1.82) is 0 Å². The molecule has 2 aromatic rings. The van der Waals surface area contributed by atoms with Crippen molar-refractivity contribution in [2.24, 2.45) is 0 Å². The number of hydrogen-bond donors (Lipinski definition) is 2. The van der Waals surface area contributed by atoms with E-state index in [1.54, 1.807) is 6.07 Å². The van der Waals surface area contributed by atoms with Gasteiger partial charge in [0.1, 0.15) is 5.52 Å². The molecule has 1 aromatic heterocycles. The number of hydrogen-bond acceptors (Lipinski definition) is 5. The van der Waals surface area contributed by atoms with Gasteiger partial charge in [0.2, 0.25) is 0 Å². The first kappa shape index (κ1) is 12.7. The third-order valence-corrected chi connectivity index (χ3v) is 2.83. The van der Waals surface area contributed by atoms with Gasteiger partial charge in [-0.25, -0.2) is 0 Å². The summed E-state index contributed by atoms with van der Waals surface area (Å²) in [5, 5.41) is 8.93. The summed E-state index contributed by atoms with van der Waals surface area (Å²) in [6.45, 7) is 5.02. The maximum atomic E-state index is 8.93. The van der Waals surface area contributed by atoms with E-state index >= 15 is 0 Å². The van der Waals surface area contributed by atoms with E-state index in [2.05, 4.69) is 18.8 Å². The van der Waals surface area contributed by atoms with Crippen LogP contribution in [0.5, 0.6) is 0 Å². The normalized spacial score (nSPS) is 11.3. The van der Waals surface area contributed by atoms with Gasteiger partial charge in [-0.2, -0.15) is 4.98 Å². The standard InChI is InChI=1S/C13H19N3O2/c1-9(2)16(6-3-7-17)13-15-11-5-4-10(14)8-12(11)18-13/h4-5,8-9,17H,3,6-7,14H2,1-2H3. The van der Waals surface area contributed by atoms with E-state index in [0.29, 0.717) is 23.7 Å². The number of oxazole rings is 1. The van der Waals surface area contributed by atoms with Gasteiger partial charge in [0.05, 0.1) is 0 Å². The van der Waals surface area contributed by atoms with Crippen molar-refractivity contribution in [1.82, 2.24) is 4.98 Å². The maximum Gasteiger partial charge on any atom is 0.298 e. The van der Waals surface area contributed by atoms with E-state index in [4.69, 9.17) is 15.3 Å². The highest BCUT2D eigenvalue weighted by Gasteiger charge is 2.16. The monoisotopic (exact) mass is 249 g/mol. The van der Waals surface area contributed by atoms with Crippen molar-refractivity contribution in [3.8, 4) is 0 Å². The molecule has 0 aliphatic rings. The number of nitrogens with zero attached hydrogens (tertiary/aromatic N) is 2. The van der Waals surface area contributed by atoms with E-state index in [0.717, 1.165) is 12.1 Å². The summed E-state index contributed by atoms with van der Waals surface area (Å²) in [6, 6.07) is 6.28. The fourth-order valence-corrected chi connectivity index (χ4v) is 1.87. The van der Waals surface area contributed by atoms with Crippen molar-refractivity contribution < 1.29 is 9.52 Å². The Bertz CT molecular complexity index is 522. The van der Waals surface area contributed by atoms with E-state index in [-0.39, 0.29) is 12.6 Å². The number of aromatic nitrogens is 1. The molecule has 0 aliphatic carbocycles. The van der Waals surface area contributed by atoms with Crippen molar-refractivity contribution in [3.05, 3.63) is 18.2 Å². The van der Waals surface area contributed by atoms with E-state index < -0.39 is 0 Å². The summed E-state index contributed by atoms with van der Waals surface area (Å²) in [6.07, 6.45) is 0.693. The minimum Gasteiger partial charge on any atom is -0.423 e. The molecule has 0 radical (unpaired) electrons. The third kappa shape index (κ3) is 2.56. The molecule has 0 bridgehead atoms. The summed E-state index contributed by atoms with van der Waals surface area (Å²) in [5.41, 5.74) is 7.87. The van der Waals surface area contributed by atoms with E-state index in [1.165, 1.54) is 0 Å². The van der Waals surface area contributed by atoms with Gasteiger partial charge < -0.3 is 20.2 Å². The lowest BCUT2D eigenvalue weighted by atomic mass is 10.3. The molecular formula is C13H19N3O2. The van der Waals surface area contributed by atoms with Crippen molar-refractivity contribution >= 4 is 22.8 Å². The zero-order valence-corrected chi connectivity index (χ0v) is 10.8. The summed E-state index contributed by atoms with van der Waals surface area (Å²) < 4.78 is 5.72. The number of benzene rings is 1. The fourth-order valence-electron chi connectivity index (χ4n) is 1.87. The second kappa shape index (κ2) is 5.27. The molecule has 0 atom stereocenters. The molecule has 5 nitrogen and oxygen atoms in total. The number of nitrogens with two attached hydrogens (primary N) is 1. The molecular weight excluding hydrogens is 230 g/mol. The first-order valence-corrected chi connectivity index (χ1v) is 6.15. The molecule has 0 spiro atoms. The summed E-state index contributed by atoms with van der Waals surface area (Å²) in [7, 11) is 0. The number of fused-ring (bicyclic) bond motifs is 1. The lowest BCUT2D eigenvalue weighted by molar-refractivity contribution is 0.287. The van der Waals surface area contributed by atoms with Gasteiger partial charge in [0, 0.05) is 30.9 Å². The zero-order chi connectivity index (χ0) is 13.1. The van der Waals surface area contributed by atoms with Crippen LogP contribution in [0.1, 0.15) is 20.3 Å². The first-order valence-electron chi connectivity index (χ1n) is 6.15. The SMILES string of the molecule is CC(C)N(CCCO)c1nc2ccc(N)cc2o1. The Balaban J connectivity index is 2.32. The van der Waals surface area contributed by atoms with Gasteiger partial charge in [-0.05, 0) is 32.4 Å². The van der Waals surface area contributed by atoms with Crippen LogP contribution in [0.25, 0.3) is 11.1 Å². The lowest BCUT2D eigenvalue weighted by Crippen LogP contribution is -2.32. The average molecular weight is 249 g/mol. The number of aliphatic hydroxyl groups is 1. The van der Waals surface area contributed by atoms with Crippen LogP contribution in [-0.4, -0.2) is 29.3 Å². The van der Waals surface area contributed by atoms with Crippen LogP contribution in [0.4, 0.5) is 11.7 Å².